The van der Waals surface area contributed by atoms with Crippen LogP contribution in [0.2, 0.25) is 5.02 Å². The lowest BCUT2D eigenvalue weighted by molar-refractivity contribution is 0.913. The fourth-order valence-corrected chi connectivity index (χ4v) is 1.55. The van der Waals surface area contributed by atoms with Gasteiger partial charge in [0, 0.05) is 28.9 Å². The fraction of sp³-hybridized carbons (Fsp3) is 0.167. The third kappa shape index (κ3) is 2.56. The topological polar surface area (TPSA) is 51.8 Å². The van der Waals surface area contributed by atoms with Gasteiger partial charge in [-0.25, -0.2) is 9.97 Å². The molecule has 0 aliphatic heterocycles. The number of rotatable bonds is 3. The first kappa shape index (κ1) is 11.0. The van der Waals surface area contributed by atoms with Crippen LogP contribution in [0.1, 0.15) is 5.69 Å². The van der Waals surface area contributed by atoms with Gasteiger partial charge >= 0.3 is 0 Å². The van der Waals surface area contributed by atoms with Gasteiger partial charge in [-0.2, -0.15) is 0 Å². The van der Waals surface area contributed by atoms with Crippen molar-refractivity contribution in [2.24, 2.45) is 5.73 Å². The van der Waals surface area contributed by atoms with Crippen molar-refractivity contribution in [1.29, 1.82) is 0 Å². The van der Waals surface area contributed by atoms with Crippen molar-refractivity contribution in [3.63, 3.8) is 0 Å². The first-order valence-corrected chi connectivity index (χ1v) is 5.45. The molecule has 0 unspecified atom stereocenters. The van der Waals surface area contributed by atoms with E-state index in [1.54, 1.807) is 6.20 Å². The predicted molar refractivity (Wildman–Crippen MR) is 65.2 cm³/mol. The highest BCUT2D eigenvalue weighted by Crippen LogP contribution is 2.17. The van der Waals surface area contributed by atoms with Gasteiger partial charge in [-0.05, 0) is 36.9 Å². The van der Waals surface area contributed by atoms with Gasteiger partial charge in [0.05, 0.1) is 0 Å². The molecule has 0 aliphatic rings. The molecule has 1 heterocycles. The van der Waals surface area contributed by atoms with Gasteiger partial charge in [0.15, 0.2) is 5.82 Å². The van der Waals surface area contributed by atoms with E-state index in [4.69, 9.17) is 17.3 Å². The summed E-state index contributed by atoms with van der Waals surface area (Å²) >= 11 is 5.82. The number of aromatic nitrogens is 2. The molecule has 0 spiro atoms. The van der Waals surface area contributed by atoms with Crippen LogP contribution in [0.15, 0.2) is 36.5 Å². The summed E-state index contributed by atoms with van der Waals surface area (Å²) in [7, 11) is 0. The summed E-state index contributed by atoms with van der Waals surface area (Å²) in [5, 5.41) is 0.710. The molecule has 16 heavy (non-hydrogen) atoms. The summed E-state index contributed by atoms with van der Waals surface area (Å²) in [6, 6.07) is 9.35. The molecule has 4 heteroatoms. The standard InChI is InChI=1S/C12H12ClN3/c13-10-3-1-9(2-4-10)12-15-8-6-11(16-12)5-7-14/h1-4,6,8H,5,7,14H2. The van der Waals surface area contributed by atoms with Crippen LogP contribution in [0.25, 0.3) is 11.4 Å². The minimum atomic E-state index is 0.594. The van der Waals surface area contributed by atoms with Crippen molar-refractivity contribution < 1.29 is 0 Å². The van der Waals surface area contributed by atoms with Gasteiger partial charge in [-0.3, -0.25) is 0 Å². The lowest BCUT2D eigenvalue weighted by Gasteiger charge is -2.02. The molecule has 0 saturated heterocycles. The second-order valence-corrected chi connectivity index (χ2v) is 3.85. The third-order valence-corrected chi connectivity index (χ3v) is 2.47. The highest BCUT2D eigenvalue weighted by Gasteiger charge is 2.02. The van der Waals surface area contributed by atoms with Crippen molar-refractivity contribution in [2.75, 3.05) is 6.54 Å². The molecule has 0 atom stereocenters. The van der Waals surface area contributed by atoms with Crippen LogP contribution in [0.3, 0.4) is 0 Å². The molecule has 0 aliphatic carbocycles. The summed E-state index contributed by atoms with van der Waals surface area (Å²) in [5.74, 6) is 0.711. The van der Waals surface area contributed by atoms with E-state index in [1.165, 1.54) is 0 Å². The summed E-state index contributed by atoms with van der Waals surface area (Å²) in [6.07, 6.45) is 2.52. The normalized spacial score (nSPS) is 10.4. The molecule has 0 saturated carbocycles. The van der Waals surface area contributed by atoms with Crippen molar-refractivity contribution in [1.82, 2.24) is 9.97 Å². The molecule has 1 aromatic heterocycles. The van der Waals surface area contributed by atoms with Gasteiger partial charge in [0.1, 0.15) is 0 Å². The first-order chi connectivity index (χ1) is 7.79. The van der Waals surface area contributed by atoms with Crippen LogP contribution in [-0.4, -0.2) is 16.5 Å². The van der Waals surface area contributed by atoms with Crippen molar-refractivity contribution in [3.8, 4) is 11.4 Å². The number of nitrogens with two attached hydrogens (primary N) is 1. The molecular formula is C12H12ClN3. The molecule has 0 bridgehead atoms. The van der Waals surface area contributed by atoms with E-state index >= 15 is 0 Å². The molecule has 82 valence electrons. The minimum Gasteiger partial charge on any atom is -0.330 e. The van der Waals surface area contributed by atoms with E-state index in [-0.39, 0.29) is 0 Å². The molecular weight excluding hydrogens is 222 g/mol. The van der Waals surface area contributed by atoms with Gasteiger partial charge in [0.2, 0.25) is 0 Å². The van der Waals surface area contributed by atoms with Crippen molar-refractivity contribution >= 4 is 11.6 Å². The number of benzene rings is 1. The van der Waals surface area contributed by atoms with E-state index in [0.29, 0.717) is 17.4 Å². The Kier molecular flexibility index (Phi) is 3.49. The Bertz CT molecular complexity index is 468. The highest BCUT2D eigenvalue weighted by molar-refractivity contribution is 6.30. The number of nitrogens with zero attached hydrogens (tertiary/aromatic N) is 2. The van der Waals surface area contributed by atoms with Crippen LogP contribution >= 0.6 is 11.6 Å². The van der Waals surface area contributed by atoms with E-state index in [9.17, 15) is 0 Å². The van der Waals surface area contributed by atoms with Gasteiger partial charge in [-0.1, -0.05) is 11.6 Å². The Morgan fingerprint density at radius 3 is 2.56 bits per heavy atom. The summed E-state index contributed by atoms with van der Waals surface area (Å²) in [6.45, 7) is 0.594. The molecule has 2 N–H and O–H groups in total. The maximum absolute atomic E-state index is 5.82. The fourth-order valence-electron chi connectivity index (χ4n) is 1.42. The SMILES string of the molecule is NCCc1ccnc(-c2ccc(Cl)cc2)n1. The molecule has 2 aromatic rings. The zero-order valence-corrected chi connectivity index (χ0v) is 9.48. The maximum atomic E-state index is 5.82. The predicted octanol–water partition coefficient (Wildman–Crippen LogP) is 2.30. The summed E-state index contributed by atoms with van der Waals surface area (Å²) in [5.41, 5.74) is 7.41. The molecule has 0 amide bonds. The quantitative estimate of drug-likeness (QED) is 0.885. The second-order valence-electron chi connectivity index (χ2n) is 3.42. The average Bonchev–Trinajstić information content (AvgIpc) is 2.31. The van der Waals surface area contributed by atoms with E-state index in [1.807, 2.05) is 30.3 Å². The summed E-state index contributed by atoms with van der Waals surface area (Å²) in [4.78, 5) is 8.65. The third-order valence-electron chi connectivity index (χ3n) is 2.22. The minimum absolute atomic E-state index is 0.594. The van der Waals surface area contributed by atoms with Crippen molar-refractivity contribution in [3.05, 3.63) is 47.2 Å². The molecule has 0 fully saturated rings. The lowest BCUT2D eigenvalue weighted by atomic mass is 10.2. The Hall–Kier alpha value is -1.45. The monoisotopic (exact) mass is 233 g/mol. The van der Waals surface area contributed by atoms with Gasteiger partial charge in [0.25, 0.3) is 0 Å². The average molecular weight is 234 g/mol. The highest BCUT2D eigenvalue weighted by atomic mass is 35.5. The maximum Gasteiger partial charge on any atom is 0.159 e. The van der Waals surface area contributed by atoms with Crippen LogP contribution in [0, 0.1) is 0 Å². The molecule has 3 nitrogen and oxygen atoms in total. The number of halogens is 1. The van der Waals surface area contributed by atoms with Crippen LogP contribution in [-0.2, 0) is 6.42 Å². The zero-order chi connectivity index (χ0) is 11.4. The second kappa shape index (κ2) is 5.05. The Balaban J connectivity index is 2.32. The Morgan fingerprint density at radius 2 is 1.88 bits per heavy atom. The Labute approximate surface area is 99.3 Å². The smallest absolute Gasteiger partial charge is 0.159 e. The van der Waals surface area contributed by atoms with Crippen LogP contribution in [0.5, 0.6) is 0 Å². The molecule has 1 aromatic carbocycles. The number of hydrogen-bond acceptors (Lipinski definition) is 3. The van der Waals surface area contributed by atoms with Gasteiger partial charge < -0.3 is 5.73 Å². The molecule has 0 radical (unpaired) electrons. The largest absolute Gasteiger partial charge is 0.330 e. The van der Waals surface area contributed by atoms with Crippen LogP contribution < -0.4 is 5.73 Å². The van der Waals surface area contributed by atoms with Crippen LogP contribution in [0.4, 0.5) is 0 Å². The van der Waals surface area contributed by atoms with Gasteiger partial charge in [-0.15, -0.1) is 0 Å². The zero-order valence-electron chi connectivity index (χ0n) is 8.73. The van der Waals surface area contributed by atoms with E-state index in [0.717, 1.165) is 17.7 Å². The molecule has 2 rings (SSSR count). The lowest BCUT2D eigenvalue weighted by Crippen LogP contribution is -2.05. The Morgan fingerprint density at radius 1 is 1.12 bits per heavy atom. The number of hydrogen-bond donors (Lipinski definition) is 1. The van der Waals surface area contributed by atoms with E-state index in [2.05, 4.69) is 9.97 Å². The van der Waals surface area contributed by atoms with Crippen molar-refractivity contribution in [2.45, 2.75) is 6.42 Å². The summed E-state index contributed by atoms with van der Waals surface area (Å²) < 4.78 is 0. The first-order valence-electron chi connectivity index (χ1n) is 5.07. The van der Waals surface area contributed by atoms with E-state index < -0.39 is 0 Å².